The lowest BCUT2D eigenvalue weighted by Gasteiger charge is -2.08. The third-order valence-corrected chi connectivity index (χ3v) is 6.58. The number of nitrogens with zero attached hydrogens (tertiary/aromatic N) is 4. The van der Waals surface area contributed by atoms with Gasteiger partial charge in [-0.3, -0.25) is 0 Å². The van der Waals surface area contributed by atoms with Crippen molar-refractivity contribution in [2.24, 2.45) is 0 Å². The van der Waals surface area contributed by atoms with Gasteiger partial charge >= 0.3 is 0 Å². The molecule has 29 heavy (non-hydrogen) atoms. The normalized spacial score (nSPS) is 11.0. The molecule has 2 aromatic carbocycles. The van der Waals surface area contributed by atoms with Crippen LogP contribution in [0, 0.1) is 6.92 Å². The molecule has 4 rings (SSSR count). The number of ether oxygens (including phenoxy) is 1. The minimum absolute atomic E-state index is 0.756. The first-order valence-electron chi connectivity index (χ1n) is 9.40. The van der Waals surface area contributed by atoms with Crippen molar-refractivity contribution in [2.45, 2.75) is 31.3 Å². The van der Waals surface area contributed by atoms with Gasteiger partial charge in [0, 0.05) is 28.8 Å². The average molecular weight is 423 g/mol. The maximum absolute atomic E-state index is 5.32. The smallest absolute Gasteiger partial charge is 0.191 e. The molecule has 0 atom stereocenters. The van der Waals surface area contributed by atoms with Gasteiger partial charge in [0.05, 0.1) is 12.8 Å². The molecule has 0 saturated carbocycles. The summed E-state index contributed by atoms with van der Waals surface area (Å²) in [6, 6.07) is 16.3. The Balaban J connectivity index is 1.51. The van der Waals surface area contributed by atoms with Gasteiger partial charge in [-0.25, -0.2) is 4.98 Å². The fourth-order valence-corrected chi connectivity index (χ4v) is 4.92. The Bertz CT molecular complexity index is 1120. The predicted octanol–water partition coefficient (Wildman–Crippen LogP) is 5.70. The molecule has 0 bridgehead atoms. The standard InChI is InChI=1S/C22H22N4OS2/c1-4-26-20(19-11-6-5-8-15(19)2)24-25-22(26)29-14-17-13-28-21(23-17)16-9-7-10-18(12-16)27-3/h5-13H,4,14H2,1-3H3. The number of thioether (sulfide) groups is 1. The molecule has 0 radical (unpaired) electrons. The van der Waals surface area contributed by atoms with Crippen molar-refractivity contribution in [2.75, 3.05) is 7.11 Å². The lowest BCUT2D eigenvalue weighted by atomic mass is 10.1. The van der Waals surface area contributed by atoms with Gasteiger partial charge in [0.1, 0.15) is 10.8 Å². The summed E-state index contributed by atoms with van der Waals surface area (Å²) in [5.41, 5.74) is 4.45. The van der Waals surface area contributed by atoms with Crippen LogP contribution in [0.3, 0.4) is 0 Å². The van der Waals surface area contributed by atoms with Gasteiger partial charge in [-0.1, -0.05) is 48.2 Å². The second kappa shape index (κ2) is 8.80. The fraction of sp³-hybridized carbons (Fsp3) is 0.227. The number of hydrogen-bond acceptors (Lipinski definition) is 6. The number of hydrogen-bond donors (Lipinski definition) is 0. The molecule has 5 nitrogen and oxygen atoms in total. The molecule has 0 aliphatic carbocycles. The van der Waals surface area contributed by atoms with E-state index in [-0.39, 0.29) is 0 Å². The van der Waals surface area contributed by atoms with E-state index < -0.39 is 0 Å². The minimum Gasteiger partial charge on any atom is -0.497 e. The summed E-state index contributed by atoms with van der Waals surface area (Å²) in [5.74, 6) is 2.52. The molecule has 7 heteroatoms. The van der Waals surface area contributed by atoms with Crippen molar-refractivity contribution >= 4 is 23.1 Å². The van der Waals surface area contributed by atoms with E-state index in [0.29, 0.717) is 0 Å². The number of thiazole rings is 1. The van der Waals surface area contributed by atoms with Crippen LogP contribution < -0.4 is 4.74 Å². The van der Waals surface area contributed by atoms with Crippen LogP contribution in [-0.2, 0) is 12.3 Å². The van der Waals surface area contributed by atoms with Crippen LogP contribution in [0.15, 0.2) is 59.1 Å². The quantitative estimate of drug-likeness (QED) is 0.358. The van der Waals surface area contributed by atoms with Gasteiger partial charge < -0.3 is 9.30 Å². The van der Waals surface area contributed by atoms with Gasteiger partial charge in [0.25, 0.3) is 0 Å². The molecule has 0 fully saturated rings. The summed E-state index contributed by atoms with van der Waals surface area (Å²) >= 11 is 3.32. The molecule has 2 aromatic heterocycles. The zero-order valence-electron chi connectivity index (χ0n) is 16.6. The highest BCUT2D eigenvalue weighted by molar-refractivity contribution is 7.98. The van der Waals surface area contributed by atoms with Gasteiger partial charge in [-0.05, 0) is 31.5 Å². The zero-order chi connectivity index (χ0) is 20.2. The second-order valence-electron chi connectivity index (χ2n) is 6.53. The van der Waals surface area contributed by atoms with E-state index >= 15 is 0 Å². The molecular weight excluding hydrogens is 400 g/mol. The van der Waals surface area contributed by atoms with Crippen LogP contribution in [0.5, 0.6) is 5.75 Å². The van der Waals surface area contributed by atoms with Gasteiger partial charge in [-0.2, -0.15) is 0 Å². The Labute approximate surface area is 178 Å². The van der Waals surface area contributed by atoms with Crippen LogP contribution in [0.1, 0.15) is 18.2 Å². The zero-order valence-corrected chi connectivity index (χ0v) is 18.3. The first-order valence-corrected chi connectivity index (χ1v) is 11.3. The number of rotatable bonds is 7. The number of benzene rings is 2. The maximum Gasteiger partial charge on any atom is 0.191 e. The summed E-state index contributed by atoms with van der Waals surface area (Å²) in [7, 11) is 1.68. The average Bonchev–Trinajstić information content (AvgIpc) is 3.39. The van der Waals surface area contributed by atoms with Crippen LogP contribution in [0.25, 0.3) is 22.0 Å². The summed E-state index contributed by atoms with van der Waals surface area (Å²) in [6.07, 6.45) is 0. The lowest BCUT2D eigenvalue weighted by molar-refractivity contribution is 0.415. The molecule has 0 spiro atoms. The minimum atomic E-state index is 0.756. The summed E-state index contributed by atoms with van der Waals surface area (Å²) in [6.45, 7) is 5.05. The van der Waals surface area contributed by atoms with E-state index in [1.54, 1.807) is 30.2 Å². The van der Waals surface area contributed by atoms with Gasteiger partial charge in [0.15, 0.2) is 11.0 Å². The monoisotopic (exact) mass is 422 g/mol. The molecule has 2 heterocycles. The van der Waals surface area contributed by atoms with Crippen molar-refractivity contribution in [3.05, 3.63) is 65.2 Å². The molecule has 148 valence electrons. The van der Waals surface area contributed by atoms with Crippen LogP contribution in [0.2, 0.25) is 0 Å². The van der Waals surface area contributed by atoms with E-state index in [4.69, 9.17) is 9.72 Å². The van der Waals surface area contributed by atoms with Gasteiger partial charge in [-0.15, -0.1) is 21.5 Å². The van der Waals surface area contributed by atoms with E-state index in [9.17, 15) is 0 Å². The predicted molar refractivity (Wildman–Crippen MR) is 120 cm³/mol. The Hall–Kier alpha value is -2.64. The molecule has 0 N–H and O–H groups in total. The Morgan fingerprint density at radius 3 is 2.76 bits per heavy atom. The van der Waals surface area contributed by atoms with Crippen LogP contribution in [0.4, 0.5) is 0 Å². The molecule has 0 amide bonds. The highest BCUT2D eigenvalue weighted by Gasteiger charge is 2.15. The van der Waals surface area contributed by atoms with Crippen molar-refractivity contribution in [3.63, 3.8) is 0 Å². The molecule has 0 unspecified atom stereocenters. The number of methoxy groups -OCH3 is 1. The summed E-state index contributed by atoms with van der Waals surface area (Å²) < 4.78 is 7.48. The van der Waals surface area contributed by atoms with Gasteiger partial charge in [0.2, 0.25) is 0 Å². The largest absolute Gasteiger partial charge is 0.497 e. The van der Waals surface area contributed by atoms with Crippen molar-refractivity contribution in [1.82, 2.24) is 19.7 Å². The van der Waals surface area contributed by atoms with Crippen molar-refractivity contribution in [3.8, 4) is 27.7 Å². The number of aromatic nitrogens is 4. The summed E-state index contributed by atoms with van der Waals surface area (Å²) in [4.78, 5) is 4.79. The third-order valence-electron chi connectivity index (χ3n) is 4.64. The van der Waals surface area contributed by atoms with E-state index in [0.717, 1.165) is 50.9 Å². The van der Waals surface area contributed by atoms with Crippen LogP contribution >= 0.6 is 23.1 Å². The Morgan fingerprint density at radius 1 is 1.10 bits per heavy atom. The van der Waals surface area contributed by atoms with Crippen molar-refractivity contribution < 1.29 is 4.74 Å². The molecular formula is C22H22N4OS2. The first-order chi connectivity index (χ1) is 14.2. The maximum atomic E-state index is 5.32. The molecule has 0 aliphatic heterocycles. The van der Waals surface area contributed by atoms with E-state index in [2.05, 4.69) is 52.2 Å². The lowest BCUT2D eigenvalue weighted by Crippen LogP contribution is -2.00. The second-order valence-corrected chi connectivity index (χ2v) is 8.33. The van der Waals surface area contributed by atoms with E-state index in [1.807, 2.05) is 30.3 Å². The SMILES string of the molecule is CCn1c(SCc2csc(-c3cccc(OC)c3)n2)nnc1-c1ccccc1C. The van der Waals surface area contributed by atoms with E-state index in [1.165, 1.54) is 5.56 Å². The highest BCUT2D eigenvalue weighted by atomic mass is 32.2. The third kappa shape index (κ3) is 4.21. The molecule has 4 aromatic rings. The summed E-state index contributed by atoms with van der Waals surface area (Å²) in [5, 5.41) is 12.9. The molecule has 0 saturated heterocycles. The Kier molecular flexibility index (Phi) is 5.97. The molecule has 0 aliphatic rings. The topological polar surface area (TPSA) is 52.8 Å². The van der Waals surface area contributed by atoms with Crippen molar-refractivity contribution in [1.29, 1.82) is 0 Å². The first kappa shape index (κ1) is 19.7. The highest BCUT2D eigenvalue weighted by Crippen LogP contribution is 2.31. The van der Waals surface area contributed by atoms with Crippen LogP contribution in [-0.4, -0.2) is 26.9 Å². The fourth-order valence-electron chi connectivity index (χ4n) is 3.10. The number of aryl methyl sites for hydroxylation is 1. The Morgan fingerprint density at radius 2 is 1.97 bits per heavy atom.